The molecule has 6 nitrogen and oxygen atoms in total. The number of barbiturate groups is 1. The summed E-state index contributed by atoms with van der Waals surface area (Å²) in [5.41, 5.74) is 0.631. The third-order valence-corrected chi connectivity index (χ3v) is 6.15. The van der Waals surface area contributed by atoms with Gasteiger partial charge in [0.15, 0.2) is 5.92 Å². The van der Waals surface area contributed by atoms with E-state index in [0.29, 0.717) is 17.5 Å². The van der Waals surface area contributed by atoms with Crippen molar-refractivity contribution in [1.29, 1.82) is 0 Å². The van der Waals surface area contributed by atoms with Crippen LogP contribution in [0.4, 0.5) is 10.5 Å². The molecule has 2 bridgehead atoms. The SMILES string of the molecule is O=C1NC(=O)N([C@@H]2C[C@H]3CC[C@H]2C3)C(=O)[C@H]1C=Nc1ccccc1Br. The summed E-state index contributed by atoms with van der Waals surface area (Å²) in [4.78, 5) is 42.8. The van der Waals surface area contributed by atoms with E-state index in [9.17, 15) is 14.4 Å². The predicted octanol–water partition coefficient (Wildman–Crippen LogP) is 3.03. The maximum atomic E-state index is 12.9. The van der Waals surface area contributed by atoms with E-state index >= 15 is 0 Å². The highest BCUT2D eigenvalue weighted by molar-refractivity contribution is 9.10. The van der Waals surface area contributed by atoms with Gasteiger partial charge in [-0.15, -0.1) is 0 Å². The van der Waals surface area contributed by atoms with Gasteiger partial charge in [0.2, 0.25) is 11.8 Å². The van der Waals surface area contributed by atoms with Crippen molar-refractivity contribution in [3.05, 3.63) is 28.7 Å². The van der Waals surface area contributed by atoms with Gasteiger partial charge < -0.3 is 0 Å². The summed E-state index contributed by atoms with van der Waals surface area (Å²) in [5.74, 6) is -1.16. The molecule has 25 heavy (non-hydrogen) atoms. The largest absolute Gasteiger partial charge is 0.331 e. The summed E-state index contributed by atoms with van der Waals surface area (Å²) in [7, 11) is 0. The van der Waals surface area contributed by atoms with Crippen molar-refractivity contribution in [2.45, 2.75) is 31.7 Å². The molecule has 2 aliphatic carbocycles. The number of halogens is 1. The fourth-order valence-corrected chi connectivity index (χ4v) is 4.68. The number of imide groups is 2. The van der Waals surface area contributed by atoms with Crippen molar-refractivity contribution in [1.82, 2.24) is 10.2 Å². The Balaban J connectivity index is 1.57. The molecule has 3 aliphatic rings. The third kappa shape index (κ3) is 2.90. The van der Waals surface area contributed by atoms with Crippen LogP contribution in [0.3, 0.4) is 0 Å². The summed E-state index contributed by atoms with van der Waals surface area (Å²) in [6, 6.07) is 6.63. The molecule has 0 aromatic heterocycles. The van der Waals surface area contributed by atoms with E-state index < -0.39 is 23.8 Å². The number of hydrogen-bond acceptors (Lipinski definition) is 4. The second kappa shape index (κ2) is 6.37. The Labute approximate surface area is 153 Å². The summed E-state index contributed by atoms with van der Waals surface area (Å²) >= 11 is 3.39. The molecule has 1 aromatic carbocycles. The highest BCUT2D eigenvalue weighted by Gasteiger charge is 2.50. The van der Waals surface area contributed by atoms with Gasteiger partial charge in [0.05, 0.1) is 5.69 Å². The van der Waals surface area contributed by atoms with Crippen LogP contribution in [0, 0.1) is 17.8 Å². The number of rotatable bonds is 3. The zero-order chi connectivity index (χ0) is 17.6. The van der Waals surface area contributed by atoms with Gasteiger partial charge in [-0.05, 0) is 59.2 Å². The lowest BCUT2D eigenvalue weighted by atomic mass is 9.92. The van der Waals surface area contributed by atoms with Crippen molar-refractivity contribution in [2.24, 2.45) is 22.7 Å². The second-order valence-electron chi connectivity index (χ2n) is 6.95. The number of amides is 4. The highest BCUT2D eigenvalue weighted by atomic mass is 79.9. The van der Waals surface area contributed by atoms with Crippen molar-refractivity contribution in [3.63, 3.8) is 0 Å². The monoisotopic (exact) mass is 403 g/mol. The van der Waals surface area contributed by atoms with Crippen molar-refractivity contribution in [3.8, 4) is 0 Å². The topological polar surface area (TPSA) is 78.8 Å². The zero-order valence-electron chi connectivity index (χ0n) is 13.5. The van der Waals surface area contributed by atoms with E-state index in [1.807, 2.05) is 18.2 Å². The second-order valence-corrected chi connectivity index (χ2v) is 7.81. The molecule has 7 heteroatoms. The number of fused-ring (bicyclic) bond motifs is 2. The van der Waals surface area contributed by atoms with Gasteiger partial charge >= 0.3 is 6.03 Å². The van der Waals surface area contributed by atoms with Crippen LogP contribution in [0.25, 0.3) is 0 Å². The van der Waals surface area contributed by atoms with E-state index in [4.69, 9.17) is 0 Å². The van der Waals surface area contributed by atoms with Crippen LogP contribution in [0.2, 0.25) is 0 Å². The average Bonchev–Trinajstić information content (AvgIpc) is 3.19. The number of para-hydroxylation sites is 1. The Morgan fingerprint density at radius 3 is 2.64 bits per heavy atom. The molecular weight excluding hydrogens is 386 g/mol. The van der Waals surface area contributed by atoms with Gasteiger partial charge in [-0.3, -0.25) is 24.8 Å². The van der Waals surface area contributed by atoms with E-state index in [1.54, 1.807) is 6.07 Å². The normalized spacial score (nSPS) is 31.9. The molecule has 0 radical (unpaired) electrons. The van der Waals surface area contributed by atoms with Crippen LogP contribution < -0.4 is 5.32 Å². The Bertz CT molecular complexity index is 779. The molecule has 4 rings (SSSR count). The number of carbonyl (C=O) groups is 3. The standard InChI is InChI=1S/C18H18BrN3O3/c19-13-3-1-2-4-14(13)20-9-12-16(23)21-18(25)22(17(12)24)15-8-10-5-6-11(15)7-10/h1-4,9-12,15H,5-8H2,(H,21,23,25)/t10-,11-,12-,15+/m0/s1. The number of hydrogen-bond donors (Lipinski definition) is 1. The highest BCUT2D eigenvalue weighted by Crippen LogP contribution is 2.47. The van der Waals surface area contributed by atoms with E-state index in [0.717, 1.165) is 23.7 Å². The van der Waals surface area contributed by atoms with E-state index in [1.165, 1.54) is 17.5 Å². The lowest BCUT2D eigenvalue weighted by Gasteiger charge is -2.36. The van der Waals surface area contributed by atoms with E-state index in [2.05, 4.69) is 26.2 Å². The molecule has 3 fully saturated rings. The minimum atomic E-state index is -1.07. The smallest absolute Gasteiger partial charge is 0.277 e. The first-order valence-corrected chi connectivity index (χ1v) is 9.30. The van der Waals surface area contributed by atoms with Gasteiger partial charge in [-0.1, -0.05) is 18.6 Å². The Morgan fingerprint density at radius 2 is 1.96 bits per heavy atom. The van der Waals surface area contributed by atoms with Crippen LogP contribution in [0.1, 0.15) is 25.7 Å². The summed E-state index contributed by atoms with van der Waals surface area (Å²) in [6.45, 7) is 0. The first-order valence-electron chi connectivity index (χ1n) is 8.51. The quantitative estimate of drug-likeness (QED) is 0.622. The van der Waals surface area contributed by atoms with Crippen LogP contribution in [-0.2, 0) is 9.59 Å². The molecule has 4 amide bonds. The van der Waals surface area contributed by atoms with Crippen LogP contribution in [0.5, 0.6) is 0 Å². The number of aliphatic imine (C=N–C) groups is 1. The molecule has 0 spiro atoms. The van der Waals surface area contributed by atoms with Crippen molar-refractivity contribution < 1.29 is 14.4 Å². The molecule has 1 aromatic rings. The van der Waals surface area contributed by atoms with Crippen LogP contribution in [0.15, 0.2) is 33.7 Å². The molecule has 130 valence electrons. The number of benzene rings is 1. The predicted molar refractivity (Wildman–Crippen MR) is 95.4 cm³/mol. The summed E-state index contributed by atoms with van der Waals surface area (Å²) < 4.78 is 0.774. The number of carbonyl (C=O) groups excluding carboxylic acids is 3. The Kier molecular flexibility index (Phi) is 4.19. The molecule has 4 atom stereocenters. The molecule has 1 aliphatic heterocycles. The average molecular weight is 404 g/mol. The van der Waals surface area contributed by atoms with Crippen molar-refractivity contribution >= 4 is 45.7 Å². The molecule has 1 heterocycles. The third-order valence-electron chi connectivity index (χ3n) is 5.48. The fraction of sp³-hybridized carbons (Fsp3) is 0.444. The van der Waals surface area contributed by atoms with Gasteiger partial charge in [0.1, 0.15) is 0 Å². The Morgan fingerprint density at radius 1 is 1.16 bits per heavy atom. The molecule has 0 unspecified atom stereocenters. The van der Waals surface area contributed by atoms with Crippen LogP contribution >= 0.6 is 15.9 Å². The molecule has 1 saturated heterocycles. The maximum absolute atomic E-state index is 12.9. The first kappa shape index (κ1) is 16.4. The maximum Gasteiger partial charge on any atom is 0.331 e. The minimum absolute atomic E-state index is 0.0845. The summed E-state index contributed by atoms with van der Waals surface area (Å²) in [5, 5.41) is 2.32. The number of urea groups is 1. The summed E-state index contributed by atoms with van der Waals surface area (Å²) in [6.07, 6.45) is 5.49. The van der Waals surface area contributed by atoms with Crippen molar-refractivity contribution in [2.75, 3.05) is 0 Å². The van der Waals surface area contributed by atoms with Gasteiger partial charge in [-0.25, -0.2) is 4.79 Å². The lowest BCUT2D eigenvalue weighted by molar-refractivity contribution is -0.141. The zero-order valence-corrected chi connectivity index (χ0v) is 15.1. The lowest BCUT2D eigenvalue weighted by Crippen LogP contribution is -2.62. The molecule has 1 N–H and O–H groups in total. The first-order chi connectivity index (χ1) is 12.0. The number of nitrogens with zero attached hydrogens (tertiary/aromatic N) is 2. The molecule has 2 saturated carbocycles. The van der Waals surface area contributed by atoms with Gasteiger partial charge in [-0.2, -0.15) is 0 Å². The fourth-order valence-electron chi connectivity index (χ4n) is 4.29. The van der Waals surface area contributed by atoms with E-state index in [-0.39, 0.29) is 6.04 Å². The molecular formula is C18H18BrN3O3. The van der Waals surface area contributed by atoms with Crippen LogP contribution in [-0.4, -0.2) is 35.0 Å². The van der Waals surface area contributed by atoms with Gasteiger partial charge in [0, 0.05) is 16.7 Å². The Hall–Kier alpha value is -2.02. The van der Waals surface area contributed by atoms with Gasteiger partial charge in [0.25, 0.3) is 0 Å². The number of nitrogens with one attached hydrogen (secondary N) is 1. The minimum Gasteiger partial charge on any atom is -0.277 e.